The van der Waals surface area contributed by atoms with Gasteiger partial charge >= 0.3 is 0 Å². The van der Waals surface area contributed by atoms with Gasteiger partial charge in [0.2, 0.25) is 0 Å². The number of hydrogen-bond donors (Lipinski definition) is 1. The van der Waals surface area contributed by atoms with Gasteiger partial charge in [0, 0.05) is 22.3 Å². The first-order valence-electron chi connectivity index (χ1n) is 5.44. The molecule has 1 saturated heterocycles. The van der Waals surface area contributed by atoms with Gasteiger partial charge in [-0.3, -0.25) is 0 Å². The van der Waals surface area contributed by atoms with Gasteiger partial charge in [0.05, 0.1) is 0 Å². The number of halogens is 1. The summed E-state index contributed by atoms with van der Waals surface area (Å²) in [6.45, 7) is 3.54. The molecule has 0 bridgehead atoms. The fourth-order valence-electron chi connectivity index (χ4n) is 2.20. The first-order valence-corrected chi connectivity index (χ1v) is 6.52. The van der Waals surface area contributed by atoms with Gasteiger partial charge in [0.1, 0.15) is 0 Å². The smallest absolute Gasteiger partial charge is 0.0376 e. The molecule has 0 spiro atoms. The molecule has 82 valence electrons. The largest absolute Gasteiger partial charge is 0.371 e. The third-order valence-electron chi connectivity index (χ3n) is 2.95. The predicted octanol–water partition coefficient (Wildman–Crippen LogP) is 2.34. The van der Waals surface area contributed by atoms with Crippen molar-refractivity contribution in [2.75, 3.05) is 31.6 Å². The van der Waals surface area contributed by atoms with E-state index in [0.29, 0.717) is 0 Å². The zero-order valence-electron chi connectivity index (χ0n) is 9.04. The van der Waals surface area contributed by atoms with Crippen LogP contribution in [0.25, 0.3) is 0 Å². The third kappa shape index (κ3) is 2.84. The van der Waals surface area contributed by atoms with E-state index in [1.807, 2.05) is 7.05 Å². The number of nitrogens with one attached hydrogen (secondary N) is 1. The fourth-order valence-corrected chi connectivity index (χ4v) is 2.72. The van der Waals surface area contributed by atoms with E-state index in [1.54, 1.807) is 0 Å². The minimum Gasteiger partial charge on any atom is -0.371 e. The molecule has 3 heteroatoms. The van der Waals surface area contributed by atoms with Gasteiger partial charge in [0.25, 0.3) is 0 Å². The van der Waals surface area contributed by atoms with E-state index in [9.17, 15) is 0 Å². The van der Waals surface area contributed by atoms with Crippen molar-refractivity contribution in [3.05, 3.63) is 27.8 Å². The summed E-state index contributed by atoms with van der Waals surface area (Å²) in [6.07, 6.45) is 1.31. The summed E-state index contributed by atoms with van der Waals surface area (Å²) in [4.78, 5) is 2.49. The number of nitrogens with zero attached hydrogens (tertiary/aromatic N) is 1. The predicted molar refractivity (Wildman–Crippen MR) is 73.4 cm³/mol. The highest BCUT2D eigenvalue weighted by atomic mass is 127. The van der Waals surface area contributed by atoms with Crippen LogP contribution in [-0.2, 0) is 0 Å². The average Bonchev–Trinajstić information content (AvgIpc) is 2.67. The molecule has 0 amide bonds. The van der Waals surface area contributed by atoms with Crippen LogP contribution in [0, 0.1) is 9.49 Å². The molecule has 1 aliphatic heterocycles. The molecule has 0 saturated carbocycles. The summed E-state index contributed by atoms with van der Waals surface area (Å²) < 4.78 is 1.32. The lowest BCUT2D eigenvalue weighted by Gasteiger charge is -2.18. The highest BCUT2D eigenvalue weighted by molar-refractivity contribution is 14.1. The molecule has 1 N–H and O–H groups in total. The Labute approximate surface area is 105 Å². The van der Waals surface area contributed by atoms with Crippen LogP contribution in [0.1, 0.15) is 6.42 Å². The van der Waals surface area contributed by atoms with Gasteiger partial charge in [-0.1, -0.05) is 6.07 Å². The van der Waals surface area contributed by atoms with Crippen molar-refractivity contribution in [2.45, 2.75) is 6.42 Å². The molecule has 2 rings (SSSR count). The molecule has 1 heterocycles. The maximum absolute atomic E-state index is 3.26. The monoisotopic (exact) mass is 316 g/mol. The Hall–Kier alpha value is -0.290. The van der Waals surface area contributed by atoms with Crippen LogP contribution in [0.15, 0.2) is 24.3 Å². The Kier molecular flexibility index (Phi) is 3.86. The normalized spacial score (nSPS) is 20.9. The Morgan fingerprint density at radius 3 is 3.13 bits per heavy atom. The van der Waals surface area contributed by atoms with Gasteiger partial charge in [-0.25, -0.2) is 0 Å². The summed E-state index contributed by atoms with van der Waals surface area (Å²) in [7, 11) is 2.04. The molecule has 1 aromatic carbocycles. The molecule has 1 aromatic rings. The average molecular weight is 316 g/mol. The topological polar surface area (TPSA) is 15.3 Å². The molecule has 2 nitrogen and oxygen atoms in total. The van der Waals surface area contributed by atoms with E-state index in [4.69, 9.17) is 0 Å². The maximum atomic E-state index is 3.26. The summed E-state index contributed by atoms with van der Waals surface area (Å²) in [6, 6.07) is 8.76. The Balaban J connectivity index is 2.01. The highest BCUT2D eigenvalue weighted by Gasteiger charge is 2.21. The van der Waals surface area contributed by atoms with Crippen LogP contribution in [0.2, 0.25) is 0 Å². The van der Waals surface area contributed by atoms with E-state index in [0.717, 1.165) is 12.5 Å². The van der Waals surface area contributed by atoms with Gasteiger partial charge < -0.3 is 10.2 Å². The minimum absolute atomic E-state index is 0.813. The lowest BCUT2D eigenvalue weighted by atomic mass is 10.1. The molecule has 0 radical (unpaired) electrons. The summed E-state index contributed by atoms with van der Waals surface area (Å²) >= 11 is 2.37. The molecule has 1 unspecified atom stereocenters. The van der Waals surface area contributed by atoms with Crippen molar-refractivity contribution in [1.82, 2.24) is 5.32 Å². The fraction of sp³-hybridized carbons (Fsp3) is 0.500. The van der Waals surface area contributed by atoms with Crippen LogP contribution in [-0.4, -0.2) is 26.7 Å². The Morgan fingerprint density at radius 2 is 2.40 bits per heavy atom. The number of anilines is 1. The Morgan fingerprint density at radius 1 is 1.53 bits per heavy atom. The van der Waals surface area contributed by atoms with Crippen molar-refractivity contribution in [1.29, 1.82) is 0 Å². The molecule has 15 heavy (non-hydrogen) atoms. The molecule has 0 aliphatic carbocycles. The van der Waals surface area contributed by atoms with E-state index >= 15 is 0 Å². The summed E-state index contributed by atoms with van der Waals surface area (Å²) in [5, 5.41) is 3.26. The zero-order valence-corrected chi connectivity index (χ0v) is 11.2. The van der Waals surface area contributed by atoms with Crippen molar-refractivity contribution in [3.8, 4) is 0 Å². The number of benzene rings is 1. The number of rotatable bonds is 3. The second-order valence-corrected chi connectivity index (χ2v) is 5.38. The van der Waals surface area contributed by atoms with Crippen molar-refractivity contribution < 1.29 is 0 Å². The molecule has 1 fully saturated rings. The van der Waals surface area contributed by atoms with E-state index in [-0.39, 0.29) is 0 Å². The minimum atomic E-state index is 0.813. The molecule has 1 aliphatic rings. The van der Waals surface area contributed by atoms with Crippen LogP contribution < -0.4 is 10.2 Å². The van der Waals surface area contributed by atoms with Crippen molar-refractivity contribution in [3.63, 3.8) is 0 Å². The highest BCUT2D eigenvalue weighted by Crippen LogP contribution is 2.24. The lowest BCUT2D eigenvalue weighted by Crippen LogP contribution is -2.24. The quantitative estimate of drug-likeness (QED) is 0.861. The molecular weight excluding hydrogens is 299 g/mol. The standard InChI is InChI=1S/C12H17IN2/c1-14-8-10-5-6-15(9-10)12-4-2-3-11(13)7-12/h2-4,7,10,14H,5-6,8-9H2,1H3. The van der Waals surface area contributed by atoms with Gasteiger partial charge in [-0.15, -0.1) is 0 Å². The molecular formula is C12H17IN2. The third-order valence-corrected chi connectivity index (χ3v) is 3.62. The van der Waals surface area contributed by atoms with E-state index in [1.165, 1.54) is 28.8 Å². The van der Waals surface area contributed by atoms with Crippen LogP contribution in [0.3, 0.4) is 0 Å². The second-order valence-electron chi connectivity index (χ2n) is 4.14. The first-order chi connectivity index (χ1) is 7.29. The molecule has 1 atom stereocenters. The van der Waals surface area contributed by atoms with E-state index < -0.39 is 0 Å². The van der Waals surface area contributed by atoms with Gasteiger partial charge in [-0.2, -0.15) is 0 Å². The van der Waals surface area contributed by atoms with Crippen LogP contribution >= 0.6 is 22.6 Å². The number of hydrogen-bond acceptors (Lipinski definition) is 2. The Bertz CT molecular complexity index is 327. The van der Waals surface area contributed by atoms with Gasteiger partial charge in [-0.05, 0) is 66.7 Å². The van der Waals surface area contributed by atoms with Crippen LogP contribution in [0.4, 0.5) is 5.69 Å². The first kappa shape index (κ1) is 11.2. The van der Waals surface area contributed by atoms with Crippen molar-refractivity contribution >= 4 is 28.3 Å². The van der Waals surface area contributed by atoms with Crippen molar-refractivity contribution in [2.24, 2.45) is 5.92 Å². The van der Waals surface area contributed by atoms with E-state index in [2.05, 4.69) is 57.1 Å². The summed E-state index contributed by atoms with van der Waals surface area (Å²) in [5.74, 6) is 0.813. The van der Waals surface area contributed by atoms with Crippen LogP contribution in [0.5, 0.6) is 0 Å². The molecule has 0 aromatic heterocycles. The van der Waals surface area contributed by atoms with Gasteiger partial charge in [0.15, 0.2) is 0 Å². The lowest BCUT2D eigenvalue weighted by molar-refractivity contribution is 0.549. The SMILES string of the molecule is CNCC1CCN(c2cccc(I)c2)C1. The second kappa shape index (κ2) is 5.16. The maximum Gasteiger partial charge on any atom is 0.0376 e. The summed E-state index contributed by atoms with van der Waals surface area (Å²) in [5.41, 5.74) is 1.38. The zero-order chi connectivity index (χ0) is 10.7.